The zero-order valence-corrected chi connectivity index (χ0v) is 17.9. The first-order chi connectivity index (χ1) is 11.3. The van der Waals surface area contributed by atoms with Crippen LogP contribution in [0, 0.1) is 5.92 Å². The molecular weight excluding hydrogens is 415 g/mol. The van der Waals surface area contributed by atoms with Crippen LogP contribution in [0.15, 0.2) is 4.99 Å². The van der Waals surface area contributed by atoms with E-state index < -0.39 is 0 Å². The van der Waals surface area contributed by atoms with Crippen molar-refractivity contribution in [3.63, 3.8) is 0 Å². The summed E-state index contributed by atoms with van der Waals surface area (Å²) in [5, 5.41) is 6.86. The first kappa shape index (κ1) is 22.0. The number of rotatable bonds is 8. The van der Waals surface area contributed by atoms with Crippen LogP contribution in [0.4, 0.5) is 0 Å². The second kappa shape index (κ2) is 13.2. The third-order valence-corrected chi connectivity index (χ3v) is 5.08. The number of aliphatic imine (C=N–C) groups is 1. The van der Waals surface area contributed by atoms with Crippen LogP contribution >= 0.6 is 24.0 Å². The quantitative estimate of drug-likeness (QED) is 0.258. The van der Waals surface area contributed by atoms with Crippen LogP contribution < -0.4 is 10.6 Å². The minimum atomic E-state index is 0. The molecule has 2 rings (SSSR count). The molecule has 0 aromatic carbocycles. The lowest BCUT2D eigenvalue weighted by atomic mass is 10.0. The zero-order valence-electron chi connectivity index (χ0n) is 15.6. The van der Waals surface area contributed by atoms with E-state index >= 15 is 0 Å². The van der Waals surface area contributed by atoms with Gasteiger partial charge in [0.05, 0.1) is 19.8 Å². The highest BCUT2D eigenvalue weighted by atomic mass is 127. The predicted molar refractivity (Wildman–Crippen MR) is 112 cm³/mol. The van der Waals surface area contributed by atoms with Gasteiger partial charge in [0, 0.05) is 32.2 Å². The van der Waals surface area contributed by atoms with Crippen molar-refractivity contribution in [2.24, 2.45) is 10.9 Å². The SMILES string of the molecule is CCNC(=NCC(C)N1CCOCC1)NCCCC1CCCC1.I. The van der Waals surface area contributed by atoms with Crippen LogP contribution in [0.5, 0.6) is 0 Å². The molecular formula is C18H37IN4O. The normalized spacial score (nSPS) is 21.3. The van der Waals surface area contributed by atoms with Crippen molar-refractivity contribution in [3.8, 4) is 0 Å². The van der Waals surface area contributed by atoms with Crippen molar-refractivity contribution in [2.45, 2.75) is 58.4 Å². The summed E-state index contributed by atoms with van der Waals surface area (Å²) in [4.78, 5) is 7.24. The number of nitrogens with zero attached hydrogens (tertiary/aromatic N) is 2. The molecule has 2 N–H and O–H groups in total. The molecule has 1 saturated carbocycles. The number of guanidine groups is 1. The largest absolute Gasteiger partial charge is 0.379 e. The highest BCUT2D eigenvalue weighted by Crippen LogP contribution is 2.28. The Morgan fingerprint density at radius 1 is 1.21 bits per heavy atom. The maximum atomic E-state index is 5.42. The Bertz CT molecular complexity index is 342. The summed E-state index contributed by atoms with van der Waals surface area (Å²) in [6.07, 6.45) is 8.42. The van der Waals surface area contributed by atoms with Gasteiger partial charge in [0.1, 0.15) is 0 Å². The van der Waals surface area contributed by atoms with E-state index in [-0.39, 0.29) is 24.0 Å². The molecule has 1 aliphatic heterocycles. The second-order valence-electron chi connectivity index (χ2n) is 6.94. The molecule has 1 unspecified atom stereocenters. The summed E-state index contributed by atoms with van der Waals surface area (Å²) in [5.74, 6) is 1.96. The number of hydrogen-bond donors (Lipinski definition) is 2. The van der Waals surface area contributed by atoms with E-state index in [0.717, 1.165) is 57.8 Å². The second-order valence-corrected chi connectivity index (χ2v) is 6.94. The van der Waals surface area contributed by atoms with E-state index in [0.29, 0.717) is 6.04 Å². The average molecular weight is 452 g/mol. The highest BCUT2D eigenvalue weighted by molar-refractivity contribution is 14.0. The Labute approximate surface area is 165 Å². The number of halogens is 1. The average Bonchev–Trinajstić information content (AvgIpc) is 3.10. The Hall–Kier alpha value is -0.0800. The summed E-state index contributed by atoms with van der Waals surface area (Å²) in [5.41, 5.74) is 0. The van der Waals surface area contributed by atoms with Crippen LogP contribution in [0.3, 0.4) is 0 Å². The zero-order chi connectivity index (χ0) is 16.3. The molecule has 0 radical (unpaired) electrons. The van der Waals surface area contributed by atoms with Gasteiger partial charge in [-0.1, -0.05) is 25.7 Å². The molecule has 5 nitrogen and oxygen atoms in total. The first-order valence-electron chi connectivity index (χ1n) is 9.63. The molecule has 0 aromatic heterocycles. The van der Waals surface area contributed by atoms with Gasteiger partial charge in [-0.2, -0.15) is 0 Å². The molecule has 0 bridgehead atoms. The van der Waals surface area contributed by atoms with Gasteiger partial charge < -0.3 is 15.4 Å². The van der Waals surface area contributed by atoms with Crippen LogP contribution in [-0.2, 0) is 4.74 Å². The highest BCUT2D eigenvalue weighted by Gasteiger charge is 2.17. The molecule has 1 aliphatic carbocycles. The van der Waals surface area contributed by atoms with Gasteiger partial charge in [-0.05, 0) is 32.6 Å². The van der Waals surface area contributed by atoms with E-state index in [1.54, 1.807) is 0 Å². The predicted octanol–water partition coefficient (Wildman–Crippen LogP) is 2.85. The summed E-state index contributed by atoms with van der Waals surface area (Å²) >= 11 is 0. The fourth-order valence-electron chi connectivity index (χ4n) is 3.60. The van der Waals surface area contributed by atoms with E-state index in [1.165, 1.54) is 38.5 Å². The summed E-state index contributed by atoms with van der Waals surface area (Å²) in [7, 11) is 0. The molecule has 2 fully saturated rings. The molecule has 1 saturated heterocycles. The van der Waals surface area contributed by atoms with Crippen molar-refractivity contribution in [1.29, 1.82) is 0 Å². The van der Waals surface area contributed by atoms with Crippen molar-refractivity contribution in [2.75, 3.05) is 45.9 Å². The maximum absolute atomic E-state index is 5.42. The summed E-state index contributed by atoms with van der Waals surface area (Å²) < 4.78 is 5.42. The van der Waals surface area contributed by atoms with Crippen molar-refractivity contribution in [1.82, 2.24) is 15.5 Å². The Morgan fingerprint density at radius 2 is 1.92 bits per heavy atom. The molecule has 0 aromatic rings. The smallest absolute Gasteiger partial charge is 0.191 e. The standard InChI is InChI=1S/C18H36N4O.HI/c1-3-19-18(20-10-6-9-17-7-4-5-8-17)21-15-16(2)22-11-13-23-14-12-22;/h16-17H,3-15H2,1-2H3,(H2,19,20,21);1H. The van der Waals surface area contributed by atoms with Gasteiger partial charge in [-0.3, -0.25) is 9.89 Å². The van der Waals surface area contributed by atoms with Gasteiger partial charge in [-0.15, -0.1) is 24.0 Å². The Balaban J connectivity index is 0.00000288. The lowest BCUT2D eigenvalue weighted by Gasteiger charge is -2.31. The van der Waals surface area contributed by atoms with Crippen molar-refractivity contribution < 1.29 is 4.74 Å². The fourth-order valence-corrected chi connectivity index (χ4v) is 3.60. The minimum absolute atomic E-state index is 0. The van der Waals surface area contributed by atoms with Crippen molar-refractivity contribution >= 4 is 29.9 Å². The van der Waals surface area contributed by atoms with Crippen LogP contribution in [0.2, 0.25) is 0 Å². The van der Waals surface area contributed by atoms with Crippen molar-refractivity contribution in [3.05, 3.63) is 0 Å². The lowest BCUT2D eigenvalue weighted by molar-refractivity contribution is 0.0220. The van der Waals surface area contributed by atoms with Crippen LogP contribution in [0.1, 0.15) is 52.4 Å². The van der Waals surface area contributed by atoms with Gasteiger partial charge in [0.25, 0.3) is 0 Å². The third-order valence-electron chi connectivity index (χ3n) is 5.08. The van der Waals surface area contributed by atoms with Gasteiger partial charge in [-0.25, -0.2) is 0 Å². The van der Waals surface area contributed by atoms with E-state index in [1.807, 2.05) is 0 Å². The molecule has 24 heavy (non-hydrogen) atoms. The summed E-state index contributed by atoms with van der Waals surface area (Å²) in [6, 6.07) is 0.479. The van der Waals surface area contributed by atoms with Crippen LogP contribution in [0.25, 0.3) is 0 Å². The molecule has 2 aliphatic rings. The minimum Gasteiger partial charge on any atom is -0.379 e. The monoisotopic (exact) mass is 452 g/mol. The molecule has 0 spiro atoms. The number of ether oxygens (including phenoxy) is 1. The Morgan fingerprint density at radius 3 is 2.58 bits per heavy atom. The lowest BCUT2D eigenvalue weighted by Crippen LogP contribution is -2.44. The number of hydrogen-bond acceptors (Lipinski definition) is 3. The van der Waals surface area contributed by atoms with E-state index in [9.17, 15) is 0 Å². The molecule has 1 heterocycles. The van der Waals surface area contributed by atoms with Gasteiger partial charge in [0.15, 0.2) is 5.96 Å². The first-order valence-corrected chi connectivity index (χ1v) is 9.63. The number of morpholine rings is 1. The molecule has 1 atom stereocenters. The van der Waals surface area contributed by atoms with Crippen LogP contribution in [-0.4, -0.2) is 62.8 Å². The fraction of sp³-hybridized carbons (Fsp3) is 0.944. The Kier molecular flexibility index (Phi) is 12.0. The number of nitrogens with one attached hydrogen (secondary N) is 2. The molecule has 6 heteroatoms. The van der Waals surface area contributed by atoms with E-state index in [2.05, 4.69) is 29.4 Å². The van der Waals surface area contributed by atoms with E-state index in [4.69, 9.17) is 9.73 Å². The van der Waals surface area contributed by atoms with Gasteiger partial charge in [0.2, 0.25) is 0 Å². The molecule has 142 valence electrons. The summed E-state index contributed by atoms with van der Waals surface area (Å²) in [6.45, 7) is 11.0. The topological polar surface area (TPSA) is 48.9 Å². The third kappa shape index (κ3) is 8.34. The molecule has 0 amide bonds. The van der Waals surface area contributed by atoms with Gasteiger partial charge >= 0.3 is 0 Å². The maximum Gasteiger partial charge on any atom is 0.191 e.